The number of halogens is 1. The molecule has 3 aromatic rings. The normalized spacial score (nSPS) is 19.6. The lowest BCUT2D eigenvalue weighted by molar-refractivity contribution is -0.136. The van der Waals surface area contributed by atoms with Crippen LogP contribution >= 0.6 is 11.6 Å². The van der Waals surface area contributed by atoms with Crippen molar-refractivity contribution in [1.29, 1.82) is 0 Å². The van der Waals surface area contributed by atoms with Crippen LogP contribution in [0.4, 0.5) is 11.5 Å². The van der Waals surface area contributed by atoms with Crippen molar-refractivity contribution in [3.05, 3.63) is 40.8 Å². The third kappa shape index (κ3) is 3.88. The highest BCUT2D eigenvalue weighted by Crippen LogP contribution is 2.31. The number of aromatic nitrogens is 3. The van der Waals surface area contributed by atoms with Crippen molar-refractivity contribution in [3.63, 3.8) is 0 Å². The molecular formula is C23H27ClN6O2. The van der Waals surface area contributed by atoms with Crippen LogP contribution in [-0.4, -0.2) is 65.2 Å². The van der Waals surface area contributed by atoms with Gasteiger partial charge in [0.1, 0.15) is 17.5 Å². The number of fused-ring (bicyclic) bond motifs is 1. The molecular weight excluding hydrogens is 428 g/mol. The fourth-order valence-corrected chi connectivity index (χ4v) is 5.03. The van der Waals surface area contributed by atoms with E-state index in [9.17, 15) is 4.79 Å². The fourth-order valence-electron chi connectivity index (χ4n) is 4.86. The number of nitrogens with zero attached hydrogens (tertiary/aromatic N) is 6. The summed E-state index contributed by atoms with van der Waals surface area (Å²) in [6.07, 6.45) is 3.36. The highest BCUT2D eigenvalue weighted by molar-refractivity contribution is 6.30. The molecule has 0 saturated carbocycles. The molecule has 4 heterocycles. The molecule has 1 aromatic carbocycles. The van der Waals surface area contributed by atoms with E-state index in [0.717, 1.165) is 73.2 Å². The monoisotopic (exact) mass is 454 g/mol. The lowest BCUT2D eigenvalue weighted by Crippen LogP contribution is -2.52. The number of rotatable bonds is 3. The van der Waals surface area contributed by atoms with Gasteiger partial charge in [0.15, 0.2) is 0 Å². The molecule has 9 heteroatoms. The zero-order valence-corrected chi connectivity index (χ0v) is 19.2. The fraction of sp³-hybridized carbons (Fsp3) is 0.478. The summed E-state index contributed by atoms with van der Waals surface area (Å²) in [6, 6.07) is 5.98. The second kappa shape index (κ2) is 8.58. The maximum absolute atomic E-state index is 13.4. The molecule has 1 atom stereocenters. The van der Waals surface area contributed by atoms with Crippen molar-refractivity contribution in [3.8, 4) is 0 Å². The predicted octanol–water partition coefficient (Wildman–Crippen LogP) is 3.45. The summed E-state index contributed by atoms with van der Waals surface area (Å²) in [5.74, 6) is 1.02. The standard InChI is InChI=1S/C23H27ClN6O2/c1-15-5-6-18(24)12-19(15)28-8-10-29(11-9-28)23(31)17-4-3-7-30(13-17)21-20-16(2)27-32-22(20)26-14-25-21/h5-6,12,14,17H,3-4,7-11,13H2,1-2H3/t17-/m0/s1. The van der Waals surface area contributed by atoms with Crippen molar-refractivity contribution in [2.45, 2.75) is 26.7 Å². The zero-order valence-electron chi connectivity index (χ0n) is 18.4. The van der Waals surface area contributed by atoms with Crippen molar-refractivity contribution < 1.29 is 9.32 Å². The van der Waals surface area contributed by atoms with E-state index in [2.05, 4.69) is 31.8 Å². The Bertz CT molecular complexity index is 1140. The van der Waals surface area contributed by atoms with E-state index in [1.807, 2.05) is 30.0 Å². The van der Waals surface area contributed by atoms with Crippen molar-refractivity contribution >= 4 is 40.1 Å². The molecule has 0 aliphatic carbocycles. The minimum atomic E-state index is -0.0339. The highest BCUT2D eigenvalue weighted by Gasteiger charge is 2.32. The van der Waals surface area contributed by atoms with Crippen LogP contribution in [0.25, 0.3) is 11.1 Å². The largest absolute Gasteiger partial charge is 0.368 e. The van der Waals surface area contributed by atoms with Crippen molar-refractivity contribution in [1.82, 2.24) is 20.0 Å². The Hall–Kier alpha value is -2.87. The number of anilines is 2. The van der Waals surface area contributed by atoms with Crippen LogP contribution in [-0.2, 0) is 4.79 Å². The quantitative estimate of drug-likeness (QED) is 0.599. The summed E-state index contributed by atoms with van der Waals surface area (Å²) in [5, 5.41) is 5.61. The van der Waals surface area contributed by atoms with Crippen molar-refractivity contribution in [2.24, 2.45) is 5.92 Å². The average molecular weight is 455 g/mol. The molecule has 2 fully saturated rings. The van der Waals surface area contributed by atoms with Crippen LogP contribution in [0.3, 0.4) is 0 Å². The Morgan fingerprint density at radius 2 is 1.91 bits per heavy atom. The summed E-state index contributed by atoms with van der Waals surface area (Å²) < 4.78 is 5.30. The molecule has 2 aliphatic rings. The second-order valence-electron chi connectivity index (χ2n) is 8.67. The Balaban J connectivity index is 1.26. The lowest BCUT2D eigenvalue weighted by Gasteiger charge is -2.40. The van der Waals surface area contributed by atoms with E-state index < -0.39 is 0 Å². The number of carbonyl (C=O) groups excluding carboxylic acids is 1. The van der Waals surface area contributed by atoms with Gasteiger partial charge in [-0.2, -0.15) is 4.98 Å². The van der Waals surface area contributed by atoms with Crippen LogP contribution in [0.15, 0.2) is 29.0 Å². The number of hydrogen-bond donors (Lipinski definition) is 0. The third-order valence-electron chi connectivity index (χ3n) is 6.60. The van der Waals surface area contributed by atoms with E-state index >= 15 is 0 Å². The molecule has 2 aromatic heterocycles. The van der Waals surface area contributed by atoms with Crippen LogP contribution in [0, 0.1) is 19.8 Å². The smallest absolute Gasteiger partial charge is 0.263 e. The first-order valence-electron chi connectivity index (χ1n) is 11.1. The molecule has 8 nitrogen and oxygen atoms in total. The predicted molar refractivity (Wildman–Crippen MR) is 124 cm³/mol. The first-order chi connectivity index (χ1) is 15.5. The Morgan fingerprint density at radius 1 is 1.09 bits per heavy atom. The number of aryl methyl sites for hydroxylation is 2. The summed E-state index contributed by atoms with van der Waals surface area (Å²) in [4.78, 5) is 28.6. The van der Waals surface area contributed by atoms with Gasteiger partial charge in [0, 0.05) is 50.0 Å². The van der Waals surface area contributed by atoms with E-state index in [0.29, 0.717) is 12.3 Å². The van der Waals surface area contributed by atoms with Gasteiger partial charge < -0.3 is 19.2 Å². The topological polar surface area (TPSA) is 78.6 Å². The van der Waals surface area contributed by atoms with Gasteiger partial charge >= 0.3 is 0 Å². The Kier molecular flexibility index (Phi) is 5.63. The van der Waals surface area contributed by atoms with Gasteiger partial charge in [0.25, 0.3) is 5.71 Å². The maximum atomic E-state index is 13.4. The summed E-state index contributed by atoms with van der Waals surface area (Å²) in [6.45, 7) is 8.60. The molecule has 0 bridgehead atoms. The van der Waals surface area contributed by atoms with Gasteiger partial charge in [-0.3, -0.25) is 4.79 Å². The van der Waals surface area contributed by atoms with Gasteiger partial charge in [-0.25, -0.2) is 4.98 Å². The molecule has 32 heavy (non-hydrogen) atoms. The number of hydrogen-bond acceptors (Lipinski definition) is 7. The van der Waals surface area contributed by atoms with Crippen LogP contribution in [0.1, 0.15) is 24.1 Å². The zero-order chi connectivity index (χ0) is 22.2. The van der Waals surface area contributed by atoms with Crippen molar-refractivity contribution in [2.75, 3.05) is 49.1 Å². The number of piperidine rings is 1. The SMILES string of the molecule is Cc1ccc(Cl)cc1N1CCN(C(=O)[C@H]2CCCN(c3ncnc4onc(C)c34)C2)CC1. The van der Waals surface area contributed by atoms with Crippen LogP contribution in [0.5, 0.6) is 0 Å². The molecule has 0 radical (unpaired) electrons. The average Bonchev–Trinajstić information content (AvgIpc) is 3.21. The molecule has 0 N–H and O–H groups in total. The van der Waals surface area contributed by atoms with Gasteiger partial charge in [-0.15, -0.1) is 0 Å². The van der Waals surface area contributed by atoms with Gasteiger partial charge in [-0.1, -0.05) is 22.8 Å². The second-order valence-corrected chi connectivity index (χ2v) is 9.11. The van der Waals surface area contributed by atoms with E-state index in [1.54, 1.807) is 0 Å². The number of benzene rings is 1. The first-order valence-corrected chi connectivity index (χ1v) is 11.5. The molecule has 1 amide bonds. The van der Waals surface area contributed by atoms with E-state index in [1.165, 1.54) is 11.9 Å². The first kappa shape index (κ1) is 21.0. The van der Waals surface area contributed by atoms with E-state index in [-0.39, 0.29) is 11.8 Å². The molecule has 0 unspecified atom stereocenters. The third-order valence-corrected chi connectivity index (χ3v) is 6.83. The number of amides is 1. The minimum absolute atomic E-state index is 0.0339. The Labute approximate surface area is 192 Å². The highest BCUT2D eigenvalue weighted by atomic mass is 35.5. The molecule has 2 saturated heterocycles. The maximum Gasteiger partial charge on any atom is 0.263 e. The number of carbonyl (C=O) groups is 1. The van der Waals surface area contributed by atoms with Gasteiger partial charge in [0.2, 0.25) is 5.91 Å². The lowest BCUT2D eigenvalue weighted by atomic mass is 9.96. The molecule has 168 valence electrons. The minimum Gasteiger partial charge on any atom is -0.368 e. The summed E-state index contributed by atoms with van der Waals surface area (Å²) in [7, 11) is 0. The molecule has 2 aliphatic heterocycles. The van der Waals surface area contributed by atoms with Gasteiger partial charge in [0.05, 0.1) is 11.6 Å². The Morgan fingerprint density at radius 3 is 2.72 bits per heavy atom. The van der Waals surface area contributed by atoms with Gasteiger partial charge in [-0.05, 0) is 44.4 Å². The molecule has 5 rings (SSSR count). The summed E-state index contributed by atoms with van der Waals surface area (Å²) in [5.41, 5.74) is 3.63. The molecule has 0 spiro atoms. The number of piperazine rings is 1. The van der Waals surface area contributed by atoms with E-state index in [4.69, 9.17) is 16.1 Å². The van der Waals surface area contributed by atoms with Crippen LogP contribution in [0.2, 0.25) is 5.02 Å². The van der Waals surface area contributed by atoms with Crippen LogP contribution < -0.4 is 9.80 Å². The summed E-state index contributed by atoms with van der Waals surface area (Å²) >= 11 is 6.21.